The monoisotopic (exact) mass is 655 g/mol. The van der Waals surface area contributed by atoms with Crippen molar-refractivity contribution >= 4 is 48.6 Å². The highest BCUT2D eigenvalue weighted by molar-refractivity contribution is 7.26. The molecule has 0 aliphatic carbocycles. The first-order valence-electron chi connectivity index (χ1n) is 17.0. The molecule has 236 valence electrons. The van der Waals surface area contributed by atoms with Crippen molar-refractivity contribution in [3.05, 3.63) is 200 Å². The predicted octanol–water partition coefficient (Wildman–Crippen LogP) is 14.2. The van der Waals surface area contributed by atoms with E-state index in [-0.39, 0.29) is 0 Å². The first-order valence-corrected chi connectivity index (χ1v) is 17.8. The van der Waals surface area contributed by atoms with Crippen LogP contribution in [0.25, 0.3) is 64.7 Å². The zero-order chi connectivity index (χ0) is 33.3. The van der Waals surface area contributed by atoms with E-state index in [2.05, 4.69) is 205 Å². The minimum Gasteiger partial charge on any atom is -0.310 e. The molecular weight excluding hydrogens is 623 g/mol. The molecule has 50 heavy (non-hydrogen) atoms. The van der Waals surface area contributed by atoms with Gasteiger partial charge in [0, 0.05) is 37.1 Å². The third-order valence-electron chi connectivity index (χ3n) is 9.51. The molecule has 0 radical (unpaired) electrons. The van der Waals surface area contributed by atoms with Gasteiger partial charge >= 0.3 is 0 Å². The van der Waals surface area contributed by atoms with Crippen LogP contribution in [0.1, 0.15) is 0 Å². The third-order valence-corrected chi connectivity index (χ3v) is 10.7. The summed E-state index contributed by atoms with van der Waals surface area (Å²) >= 11 is 1.88. The number of fused-ring (bicyclic) bond motifs is 3. The van der Waals surface area contributed by atoms with Gasteiger partial charge in [0.2, 0.25) is 0 Å². The second kappa shape index (κ2) is 13.0. The Bertz CT molecular complexity index is 2450. The summed E-state index contributed by atoms with van der Waals surface area (Å²) in [5.74, 6) is 0. The molecule has 0 amide bonds. The van der Waals surface area contributed by atoms with Crippen LogP contribution in [0.4, 0.5) is 17.1 Å². The van der Waals surface area contributed by atoms with Gasteiger partial charge in [-0.15, -0.1) is 11.3 Å². The molecule has 2 heteroatoms. The lowest BCUT2D eigenvalue weighted by Crippen LogP contribution is -2.11. The van der Waals surface area contributed by atoms with Gasteiger partial charge in [-0.05, 0) is 75.3 Å². The van der Waals surface area contributed by atoms with Crippen molar-refractivity contribution in [3.63, 3.8) is 0 Å². The molecular formula is C48H33NS. The van der Waals surface area contributed by atoms with Gasteiger partial charge in [-0.2, -0.15) is 0 Å². The Labute approximate surface area is 297 Å². The average Bonchev–Trinajstić information content (AvgIpc) is 3.58. The lowest BCUT2D eigenvalue weighted by molar-refractivity contribution is 1.29. The van der Waals surface area contributed by atoms with Gasteiger partial charge in [-0.3, -0.25) is 0 Å². The van der Waals surface area contributed by atoms with Crippen molar-refractivity contribution in [2.24, 2.45) is 0 Å². The van der Waals surface area contributed by atoms with Crippen molar-refractivity contribution in [2.75, 3.05) is 4.90 Å². The minimum absolute atomic E-state index is 1.11. The van der Waals surface area contributed by atoms with E-state index in [9.17, 15) is 0 Å². The lowest BCUT2D eigenvalue weighted by atomic mass is 9.96. The second-order valence-electron chi connectivity index (χ2n) is 12.5. The highest BCUT2D eigenvalue weighted by Gasteiger charge is 2.22. The molecule has 1 aromatic heterocycles. The third kappa shape index (κ3) is 5.56. The van der Waals surface area contributed by atoms with Crippen LogP contribution in [0, 0.1) is 0 Å². The van der Waals surface area contributed by atoms with Crippen molar-refractivity contribution in [1.29, 1.82) is 0 Å². The van der Waals surface area contributed by atoms with E-state index in [0.717, 1.165) is 17.1 Å². The van der Waals surface area contributed by atoms with Crippen molar-refractivity contribution in [1.82, 2.24) is 0 Å². The first kappa shape index (κ1) is 29.9. The van der Waals surface area contributed by atoms with Crippen molar-refractivity contribution in [2.45, 2.75) is 0 Å². The Morgan fingerprint density at radius 1 is 0.300 bits per heavy atom. The van der Waals surface area contributed by atoms with Crippen molar-refractivity contribution in [3.8, 4) is 44.5 Å². The summed E-state index contributed by atoms with van der Waals surface area (Å²) in [6, 6.07) is 72.3. The Balaban J connectivity index is 1.25. The van der Waals surface area contributed by atoms with Gasteiger partial charge in [0.05, 0.1) is 5.69 Å². The Morgan fingerprint density at radius 2 is 0.700 bits per heavy atom. The predicted molar refractivity (Wildman–Crippen MR) is 216 cm³/mol. The number of rotatable bonds is 7. The Kier molecular flexibility index (Phi) is 7.77. The maximum absolute atomic E-state index is 2.42. The van der Waals surface area contributed by atoms with Crippen LogP contribution in [-0.2, 0) is 0 Å². The molecule has 1 nitrogen and oxygen atoms in total. The summed E-state index contributed by atoms with van der Waals surface area (Å²) in [5.41, 5.74) is 13.1. The van der Waals surface area contributed by atoms with Crippen LogP contribution in [0.5, 0.6) is 0 Å². The summed E-state index contributed by atoms with van der Waals surface area (Å²) in [4.78, 5) is 2.42. The molecule has 0 aliphatic heterocycles. The van der Waals surface area contributed by atoms with Gasteiger partial charge in [-0.25, -0.2) is 0 Å². The number of anilines is 3. The van der Waals surface area contributed by atoms with Gasteiger partial charge < -0.3 is 4.90 Å². The fraction of sp³-hybridized carbons (Fsp3) is 0. The molecule has 0 atom stereocenters. The molecule has 0 saturated heterocycles. The maximum atomic E-state index is 2.42. The summed E-state index contributed by atoms with van der Waals surface area (Å²) in [6.45, 7) is 0. The molecule has 0 fully saturated rings. The Morgan fingerprint density at radius 3 is 1.20 bits per heavy atom. The fourth-order valence-electron chi connectivity index (χ4n) is 7.00. The highest BCUT2D eigenvalue weighted by atomic mass is 32.1. The molecule has 1 heterocycles. The maximum Gasteiger partial charge on any atom is 0.0554 e. The van der Waals surface area contributed by atoms with E-state index in [1.54, 1.807) is 0 Å². The number of thiophene rings is 1. The largest absolute Gasteiger partial charge is 0.310 e. The van der Waals surface area contributed by atoms with Crippen LogP contribution >= 0.6 is 11.3 Å². The zero-order valence-corrected chi connectivity index (χ0v) is 28.2. The normalized spacial score (nSPS) is 11.2. The summed E-state index contributed by atoms with van der Waals surface area (Å²) in [5, 5.41) is 2.59. The molecule has 0 aliphatic rings. The van der Waals surface area contributed by atoms with Crippen LogP contribution < -0.4 is 4.90 Å². The van der Waals surface area contributed by atoms with E-state index >= 15 is 0 Å². The molecule has 0 saturated carbocycles. The van der Waals surface area contributed by atoms with Crippen LogP contribution in [0.2, 0.25) is 0 Å². The number of benzene rings is 8. The average molecular weight is 656 g/mol. The standard InChI is InChI=1S/C48H33NS/c1-4-12-34(13-5-1)37-20-22-40(23-21-37)47-45(33-32-44-43-18-10-11-19-46(43)50-48(44)47)49(41-28-24-38(25-29-41)35-14-6-2-7-15-35)42-30-26-39(27-31-42)36-16-8-3-9-17-36/h1-33H. The van der Waals surface area contributed by atoms with E-state index in [4.69, 9.17) is 0 Å². The SMILES string of the molecule is c1ccc(-c2ccc(-c3c(N(c4ccc(-c5ccccc5)cc4)c4ccc(-c5ccccc5)cc4)ccc4c3sc3ccccc34)cc2)cc1. The van der Waals surface area contributed by atoms with E-state index < -0.39 is 0 Å². The van der Waals surface area contributed by atoms with Gasteiger partial charge in [0.1, 0.15) is 0 Å². The minimum atomic E-state index is 1.11. The molecule has 0 unspecified atom stereocenters. The second-order valence-corrected chi connectivity index (χ2v) is 13.6. The highest BCUT2D eigenvalue weighted by Crippen LogP contribution is 2.49. The zero-order valence-electron chi connectivity index (χ0n) is 27.4. The number of hydrogen-bond acceptors (Lipinski definition) is 2. The lowest BCUT2D eigenvalue weighted by Gasteiger charge is -2.29. The van der Waals surface area contributed by atoms with E-state index in [1.807, 2.05) is 11.3 Å². The number of hydrogen-bond donors (Lipinski definition) is 0. The quantitative estimate of drug-likeness (QED) is 0.165. The number of nitrogens with zero attached hydrogens (tertiary/aromatic N) is 1. The van der Waals surface area contributed by atoms with Gasteiger partial charge in [-0.1, -0.05) is 164 Å². The van der Waals surface area contributed by atoms with Gasteiger partial charge in [0.15, 0.2) is 0 Å². The summed E-state index contributed by atoms with van der Waals surface area (Å²) in [7, 11) is 0. The van der Waals surface area contributed by atoms with Crippen LogP contribution in [0.3, 0.4) is 0 Å². The van der Waals surface area contributed by atoms with E-state index in [0.29, 0.717) is 0 Å². The Hall–Kier alpha value is -6.22. The molecule has 0 bridgehead atoms. The summed E-state index contributed by atoms with van der Waals surface area (Å²) < 4.78 is 2.59. The van der Waals surface area contributed by atoms with Crippen LogP contribution in [0.15, 0.2) is 200 Å². The molecule has 9 rings (SSSR count). The molecule has 8 aromatic carbocycles. The van der Waals surface area contributed by atoms with Crippen molar-refractivity contribution < 1.29 is 0 Å². The van der Waals surface area contributed by atoms with Gasteiger partial charge in [0.25, 0.3) is 0 Å². The smallest absolute Gasteiger partial charge is 0.0554 e. The van der Waals surface area contributed by atoms with E-state index in [1.165, 1.54) is 64.7 Å². The first-order chi connectivity index (χ1) is 24.8. The fourth-order valence-corrected chi connectivity index (χ4v) is 8.27. The molecule has 0 spiro atoms. The molecule has 9 aromatic rings. The topological polar surface area (TPSA) is 3.24 Å². The molecule has 0 N–H and O–H groups in total. The summed E-state index contributed by atoms with van der Waals surface area (Å²) in [6.07, 6.45) is 0. The van der Waals surface area contributed by atoms with Crippen LogP contribution in [-0.4, -0.2) is 0 Å².